The van der Waals surface area contributed by atoms with Gasteiger partial charge in [0.1, 0.15) is 11.7 Å². The van der Waals surface area contributed by atoms with Crippen LogP contribution in [0.15, 0.2) is 24.3 Å². The Hall–Kier alpha value is -1.55. The van der Waals surface area contributed by atoms with Crippen LogP contribution in [0.25, 0.3) is 11.0 Å². The molecular formula is C12H14ClN3O. The van der Waals surface area contributed by atoms with Crippen LogP contribution in [0.4, 0.5) is 0 Å². The number of hydrogen-bond acceptors (Lipinski definition) is 2. The second kappa shape index (κ2) is 4.75. The van der Waals surface area contributed by atoms with Crippen molar-refractivity contribution in [3.63, 3.8) is 0 Å². The molecule has 0 bridgehead atoms. The molecule has 0 aliphatic heterocycles. The second-order valence-electron chi connectivity index (χ2n) is 3.94. The van der Waals surface area contributed by atoms with Crippen molar-refractivity contribution in [1.29, 1.82) is 0 Å². The van der Waals surface area contributed by atoms with Crippen LogP contribution < -0.4 is 5.32 Å². The van der Waals surface area contributed by atoms with Crippen LogP contribution in [0, 0.1) is 0 Å². The lowest BCUT2D eigenvalue weighted by Crippen LogP contribution is -2.29. The van der Waals surface area contributed by atoms with E-state index in [2.05, 4.69) is 10.3 Å². The average molecular weight is 252 g/mol. The molecule has 1 atom stereocenters. The van der Waals surface area contributed by atoms with Gasteiger partial charge in [-0.15, -0.1) is 11.6 Å². The summed E-state index contributed by atoms with van der Waals surface area (Å²) in [6.07, 6.45) is 0. The summed E-state index contributed by atoms with van der Waals surface area (Å²) in [4.78, 5) is 15.7. The Morgan fingerprint density at radius 2 is 2.24 bits per heavy atom. The lowest BCUT2D eigenvalue weighted by molar-refractivity contribution is -0.119. The number of para-hydroxylation sites is 2. The maximum atomic E-state index is 11.2. The molecule has 17 heavy (non-hydrogen) atoms. The predicted molar refractivity (Wildman–Crippen MR) is 68.0 cm³/mol. The van der Waals surface area contributed by atoms with E-state index in [1.165, 1.54) is 0 Å². The number of nitrogens with one attached hydrogen (secondary N) is 1. The number of benzene rings is 1. The minimum atomic E-state index is -0.189. The van der Waals surface area contributed by atoms with Crippen LogP contribution in [0.3, 0.4) is 0 Å². The summed E-state index contributed by atoms with van der Waals surface area (Å²) < 4.78 is 1.98. The molecule has 1 amide bonds. The number of hydrogen-bond donors (Lipinski definition) is 1. The monoisotopic (exact) mass is 251 g/mol. The first kappa shape index (κ1) is 11.9. The molecule has 1 aromatic heterocycles. The first-order valence-corrected chi connectivity index (χ1v) is 5.93. The fourth-order valence-corrected chi connectivity index (χ4v) is 1.97. The van der Waals surface area contributed by atoms with E-state index in [9.17, 15) is 4.79 Å². The number of imidazole rings is 1. The van der Waals surface area contributed by atoms with Gasteiger partial charge < -0.3 is 9.88 Å². The number of carbonyl (C=O) groups is 1. The highest BCUT2D eigenvalue weighted by molar-refractivity contribution is 6.27. The predicted octanol–water partition coefficient (Wildman–Crippen LogP) is 1.99. The van der Waals surface area contributed by atoms with Crippen molar-refractivity contribution >= 4 is 28.5 Å². The van der Waals surface area contributed by atoms with E-state index in [1.54, 1.807) is 0 Å². The molecule has 1 heterocycles. The summed E-state index contributed by atoms with van der Waals surface area (Å²) in [7, 11) is 1.94. The van der Waals surface area contributed by atoms with Gasteiger partial charge in [0.15, 0.2) is 0 Å². The molecule has 4 nitrogen and oxygen atoms in total. The minimum Gasteiger partial charge on any atom is -0.345 e. The van der Waals surface area contributed by atoms with Gasteiger partial charge in [0.25, 0.3) is 0 Å². The summed E-state index contributed by atoms with van der Waals surface area (Å²) in [5.74, 6) is 0.602. The summed E-state index contributed by atoms with van der Waals surface area (Å²) in [6.45, 7) is 1.89. The van der Waals surface area contributed by atoms with E-state index in [0.29, 0.717) is 0 Å². The van der Waals surface area contributed by atoms with Crippen LogP contribution in [0.1, 0.15) is 18.8 Å². The molecule has 0 saturated carbocycles. The summed E-state index contributed by atoms with van der Waals surface area (Å²) >= 11 is 5.46. The molecule has 0 unspecified atom stereocenters. The van der Waals surface area contributed by atoms with Crippen molar-refractivity contribution in [3.05, 3.63) is 30.1 Å². The Balaban J connectivity index is 2.35. The van der Waals surface area contributed by atoms with Crippen molar-refractivity contribution in [2.45, 2.75) is 13.0 Å². The highest BCUT2D eigenvalue weighted by Gasteiger charge is 2.15. The average Bonchev–Trinajstić information content (AvgIpc) is 2.67. The molecule has 0 radical (unpaired) electrons. The lowest BCUT2D eigenvalue weighted by Gasteiger charge is -2.12. The first-order chi connectivity index (χ1) is 8.13. The first-order valence-electron chi connectivity index (χ1n) is 5.40. The number of fused-ring (bicyclic) bond motifs is 1. The Morgan fingerprint density at radius 3 is 2.88 bits per heavy atom. The molecule has 1 N–H and O–H groups in total. The number of aryl methyl sites for hydroxylation is 1. The van der Waals surface area contributed by atoms with Crippen molar-refractivity contribution < 1.29 is 4.79 Å². The molecule has 0 saturated heterocycles. The number of rotatable bonds is 3. The van der Waals surface area contributed by atoms with Gasteiger partial charge >= 0.3 is 0 Å². The van der Waals surface area contributed by atoms with E-state index in [0.717, 1.165) is 16.9 Å². The van der Waals surface area contributed by atoms with Gasteiger partial charge in [0, 0.05) is 7.05 Å². The standard InChI is InChI=1S/C12H14ClN3O/c1-8(14-11(17)7-13)12-15-9-5-3-4-6-10(9)16(12)2/h3-6,8H,7H2,1-2H3,(H,14,17)/t8-/m0/s1. The number of nitrogens with zero attached hydrogens (tertiary/aromatic N) is 2. The minimum absolute atomic E-state index is 0.0334. The number of halogens is 1. The number of alkyl halides is 1. The quantitative estimate of drug-likeness (QED) is 0.848. The smallest absolute Gasteiger partial charge is 0.235 e. The Morgan fingerprint density at radius 1 is 1.53 bits per heavy atom. The maximum Gasteiger partial charge on any atom is 0.235 e. The van der Waals surface area contributed by atoms with Crippen molar-refractivity contribution in [2.75, 3.05) is 5.88 Å². The fourth-order valence-electron chi connectivity index (χ4n) is 1.90. The van der Waals surface area contributed by atoms with E-state index in [-0.39, 0.29) is 17.8 Å². The lowest BCUT2D eigenvalue weighted by atomic mass is 10.3. The molecule has 0 spiro atoms. The molecule has 90 valence electrons. The zero-order valence-corrected chi connectivity index (χ0v) is 10.5. The van der Waals surface area contributed by atoms with Crippen molar-refractivity contribution in [3.8, 4) is 0 Å². The molecular weight excluding hydrogens is 238 g/mol. The van der Waals surface area contributed by atoms with Gasteiger partial charge in [0.2, 0.25) is 5.91 Å². The third-order valence-corrected chi connectivity index (χ3v) is 2.95. The molecule has 5 heteroatoms. The molecule has 1 aromatic carbocycles. The van der Waals surface area contributed by atoms with E-state index in [4.69, 9.17) is 11.6 Å². The molecule has 0 fully saturated rings. The third kappa shape index (κ3) is 2.26. The van der Waals surface area contributed by atoms with Crippen molar-refractivity contribution in [1.82, 2.24) is 14.9 Å². The third-order valence-electron chi connectivity index (χ3n) is 2.71. The van der Waals surface area contributed by atoms with Gasteiger partial charge in [0.05, 0.1) is 17.1 Å². The topological polar surface area (TPSA) is 46.9 Å². The summed E-state index contributed by atoms with van der Waals surface area (Å²) in [5.41, 5.74) is 1.98. The SMILES string of the molecule is C[C@H](NC(=O)CCl)c1nc2ccccc2n1C. The van der Waals surface area contributed by atoms with Crippen LogP contribution in [0.5, 0.6) is 0 Å². The van der Waals surface area contributed by atoms with Gasteiger partial charge in [-0.1, -0.05) is 12.1 Å². The molecule has 2 rings (SSSR count). The summed E-state index contributed by atoms with van der Waals surface area (Å²) in [6, 6.07) is 7.71. The van der Waals surface area contributed by atoms with Gasteiger partial charge in [-0.2, -0.15) is 0 Å². The van der Waals surface area contributed by atoms with Crippen molar-refractivity contribution in [2.24, 2.45) is 7.05 Å². The highest BCUT2D eigenvalue weighted by Crippen LogP contribution is 2.18. The Bertz CT molecular complexity index is 550. The van der Waals surface area contributed by atoms with Crippen LogP contribution in [0.2, 0.25) is 0 Å². The fraction of sp³-hybridized carbons (Fsp3) is 0.333. The number of aromatic nitrogens is 2. The molecule has 0 aliphatic carbocycles. The maximum absolute atomic E-state index is 11.2. The van der Waals surface area contributed by atoms with Crippen LogP contribution in [-0.2, 0) is 11.8 Å². The van der Waals surface area contributed by atoms with Gasteiger partial charge in [-0.25, -0.2) is 4.98 Å². The van der Waals surface area contributed by atoms with E-state index < -0.39 is 0 Å². The largest absolute Gasteiger partial charge is 0.345 e. The van der Waals surface area contributed by atoms with E-state index in [1.807, 2.05) is 42.8 Å². The highest BCUT2D eigenvalue weighted by atomic mass is 35.5. The Labute approximate surface area is 105 Å². The zero-order valence-electron chi connectivity index (χ0n) is 9.77. The van der Waals surface area contributed by atoms with E-state index >= 15 is 0 Å². The summed E-state index contributed by atoms with van der Waals surface area (Å²) in [5, 5.41) is 2.79. The van der Waals surface area contributed by atoms with Crippen LogP contribution >= 0.6 is 11.6 Å². The zero-order chi connectivity index (χ0) is 12.4. The molecule has 0 aliphatic rings. The van der Waals surface area contributed by atoms with Gasteiger partial charge in [-0.05, 0) is 19.1 Å². The second-order valence-corrected chi connectivity index (χ2v) is 4.21. The normalized spacial score (nSPS) is 12.6. The Kier molecular flexibility index (Phi) is 3.33. The molecule has 2 aromatic rings. The number of amides is 1. The van der Waals surface area contributed by atoms with Crippen LogP contribution in [-0.4, -0.2) is 21.3 Å². The number of carbonyl (C=O) groups excluding carboxylic acids is 1. The van der Waals surface area contributed by atoms with Gasteiger partial charge in [-0.3, -0.25) is 4.79 Å².